The normalized spacial score (nSPS) is 27.1. The zero-order valence-corrected chi connectivity index (χ0v) is 11.3. The molecule has 1 aromatic rings. The van der Waals surface area contributed by atoms with Crippen LogP contribution in [0.2, 0.25) is 0 Å². The second kappa shape index (κ2) is 5.73. The van der Waals surface area contributed by atoms with Crippen molar-refractivity contribution < 1.29 is 0 Å². The smallest absolute Gasteiger partial charge is 0.0995 e. The second-order valence-electron chi connectivity index (χ2n) is 5.18. The molecule has 0 bridgehead atoms. The summed E-state index contributed by atoms with van der Waals surface area (Å²) in [5, 5.41) is 9.21. The molecule has 2 saturated heterocycles. The van der Waals surface area contributed by atoms with Crippen LogP contribution in [0, 0.1) is 11.3 Å². The van der Waals surface area contributed by atoms with Gasteiger partial charge >= 0.3 is 0 Å². The average Bonchev–Trinajstić information content (AvgIpc) is 2.82. The number of rotatable bonds is 1. The molecule has 2 atom stereocenters. The molecular weight excluding hydrogens is 244 g/mol. The van der Waals surface area contributed by atoms with Crippen molar-refractivity contribution in [2.45, 2.75) is 44.2 Å². The van der Waals surface area contributed by atoms with Crippen LogP contribution in [0.5, 0.6) is 0 Å². The van der Waals surface area contributed by atoms with E-state index in [-0.39, 0.29) is 12.4 Å². The van der Waals surface area contributed by atoms with Crippen LogP contribution in [0.25, 0.3) is 0 Å². The lowest BCUT2D eigenvalue weighted by molar-refractivity contribution is 0.150. The SMILES string of the molecule is Cl.N#Cc1ccccc1[C@H]1CC[C@H]2CCCCN21. The summed E-state index contributed by atoms with van der Waals surface area (Å²) in [6.07, 6.45) is 6.59. The summed E-state index contributed by atoms with van der Waals surface area (Å²) in [4.78, 5) is 2.64. The van der Waals surface area contributed by atoms with Gasteiger partial charge in [0.2, 0.25) is 0 Å². The summed E-state index contributed by atoms with van der Waals surface area (Å²) in [6, 6.07) is 11.7. The quantitative estimate of drug-likeness (QED) is 0.772. The van der Waals surface area contributed by atoms with E-state index in [9.17, 15) is 5.26 Å². The maximum atomic E-state index is 9.21. The third-order valence-electron chi connectivity index (χ3n) is 4.29. The molecule has 0 unspecified atom stereocenters. The number of benzene rings is 1. The van der Waals surface area contributed by atoms with Gasteiger partial charge in [-0.2, -0.15) is 5.26 Å². The summed E-state index contributed by atoms with van der Waals surface area (Å²) in [5.74, 6) is 0. The van der Waals surface area contributed by atoms with E-state index in [4.69, 9.17) is 0 Å². The number of halogens is 1. The van der Waals surface area contributed by atoms with Crippen LogP contribution in [-0.2, 0) is 0 Å². The second-order valence-corrected chi connectivity index (χ2v) is 5.18. The van der Waals surface area contributed by atoms with Gasteiger partial charge in [-0.1, -0.05) is 24.6 Å². The van der Waals surface area contributed by atoms with Crippen molar-refractivity contribution in [2.24, 2.45) is 0 Å². The Labute approximate surface area is 115 Å². The first-order chi connectivity index (χ1) is 8.40. The van der Waals surface area contributed by atoms with Gasteiger partial charge in [-0.05, 0) is 43.9 Å². The minimum atomic E-state index is 0. The Morgan fingerprint density at radius 1 is 1.11 bits per heavy atom. The van der Waals surface area contributed by atoms with Gasteiger partial charge in [0.15, 0.2) is 0 Å². The Bertz CT molecular complexity index is 452. The van der Waals surface area contributed by atoms with Crippen molar-refractivity contribution in [2.75, 3.05) is 6.54 Å². The van der Waals surface area contributed by atoms with Crippen molar-refractivity contribution in [1.82, 2.24) is 4.90 Å². The minimum Gasteiger partial charge on any atom is -0.293 e. The summed E-state index contributed by atoms with van der Waals surface area (Å²) in [7, 11) is 0. The Morgan fingerprint density at radius 2 is 1.94 bits per heavy atom. The predicted octanol–water partition coefficient (Wildman–Crippen LogP) is 3.67. The van der Waals surface area contributed by atoms with E-state index in [1.54, 1.807) is 0 Å². The van der Waals surface area contributed by atoms with Gasteiger partial charge in [-0.3, -0.25) is 4.90 Å². The van der Waals surface area contributed by atoms with E-state index >= 15 is 0 Å². The van der Waals surface area contributed by atoms with E-state index in [0.717, 1.165) is 11.6 Å². The highest BCUT2D eigenvalue weighted by Crippen LogP contribution is 2.41. The van der Waals surface area contributed by atoms with Crippen molar-refractivity contribution in [1.29, 1.82) is 5.26 Å². The molecule has 0 aliphatic carbocycles. The molecule has 0 radical (unpaired) electrons. The molecule has 0 saturated carbocycles. The standard InChI is InChI=1S/C15H18N2.ClH/c16-11-12-5-1-2-7-14(12)15-9-8-13-6-3-4-10-17(13)15;/h1-2,5,7,13,15H,3-4,6,8-10H2;1H/t13-,15-;/m1./s1. The molecule has 96 valence electrons. The number of nitrogens with zero attached hydrogens (tertiary/aromatic N) is 2. The molecule has 2 heterocycles. The molecule has 2 aliphatic rings. The summed E-state index contributed by atoms with van der Waals surface area (Å²) in [5.41, 5.74) is 2.11. The molecule has 18 heavy (non-hydrogen) atoms. The van der Waals surface area contributed by atoms with Gasteiger partial charge in [-0.25, -0.2) is 0 Å². The third kappa shape index (κ3) is 2.25. The first kappa shape index (κ1) is 13.4. The van der Waals surface area contributed by atoms with E-state index in [2.05, 4.69) is 23.1 Å². The van der Waals surface area contributed by atoms with Gasteiger partial charge in [0.1, 0.15) is 0 Å². The largest absolute Gasteiger partial charge is 0.293 e. The van der Waals surface area contributed by atoms with Gasteiger partial charge in [0.05, 0.1) is 11.6 Å². The first-order valence-corrected chi connectivity index (χ1v) is 6.65. The molecule has 0 amide bonds. The van der Waals surface area contributed by atoms with Crippen molar-refractivity contribution in [3.63, 3.8) is 0 Å². The van der Waals surface area contributed by atoms with E-state index in [0.29, 0.717) is 6.04 Å². The monoisotopic (exact) mass is 262 g/mol. The van der Waals surface area contributed by atoms with Crippen LogP contribution in [0.4, 0.5) is 0 Å². The van der Waals surface area contributed by atoms with Crippen LogP contribution < -0.4 is 0 Å². The van der Waals surface area contributed by atoms with E-state index in [1.165, 1.54) is 44.2 Å². The summed E-state index contributed by atoms with van der Waals surface area (Å²) < 4.78 is 0. The molecule has 0 aromatic heterocycles. The van der Waals surface area contributed by atoms with Crippen molar-refractivity contribution >= 4 is 12.4 Å². The molecule has 3 heteroatoms. The Hall–Kier alpha value is -1.04. The minimum absolute atomic E-state index is 0. The zero-order valence-electron chi connectivity index (χ0n) is 10.5. The molecule has 2 aliphatic heterocycles. The van der Waals surface area contributed by atoms with Crippen molar-refractivity contribution in [3.05, 3.63) is 35.4 Å². The fraction of sp³-hybridized carbons (Fsp3) is 0.533. The zero-order chi connectivity index (χ0) is 11.7. The molecule has 1 aromatic carbocycles. The number of hydrogen-bond acceptors (Lipinski definition) is 2. The lowest BCUT2D eigenvalue weighted by atomic mass is 9.99. The molecule has 2 nitrogen and oxygen atoms in total. The Kier molecular flexibility index (Phi) is 4.27. The van der Waals surface area contributed by atoms with E-state index in [1.807, 2.05) is 12.1 Å². The fourth-order valence-electron chi connectivity index (χ4n) is 3.48. The first-order valence-electron chi connectivity index (χ1n) is 6.65. The number of hydrogen-bond donors (Lipinski definition) is 0. The number of fused-ring (bicyclic) bond motifs is 1. The topological polar surface area (TPSA) is 27.0 Å². The summed E-state index contributed by atoms with van der Waals surface area (Å²) in [6.45, 7) is 1.22. The maximum absolute atomic E-state index is 9.21. The Balaban J connectivity index is 0.00000120. The van der Waals surface area contributed by atoms with Crippen LogP contribution in [0.15, 0.2) is 24.3 Å². The van der Waals surface area contributed by atoms with Gasteiger partial charge in [0, 0.05) is 12.1 Å². The highest BCUT2D eigenvalue weighted by atomic mass is 35.5. The highest BCUT2D eigenvalue weighted by molar-refractivity contribution is 5.85. The number of nitriles is 1. The van der Waals surface area contributed by atoms with Crippen molar-refractivity contribution in [3.8, 4) is 6.07 Å². The Morgan fingerprint density at radius 3 is 2.78 bits per heavy atom. The van der Waals surface area contributed by atoms with E-state index < -0.39 is 0 Å². The fourth-order valence-corrected chi connectivity index (χ4v) is 3.48. The molecule has 3 rings (SSSR count). The lowest BCUT2D eigenvalue weighted by Gasteiger charge is -2.34. The predicted molar refractivity (Wildman–Crippen MR) is 74.7 cm³/mol. The van der Waals surface area contributed by atoms with Gasteiger partial charge in [-0.15, -0.1) is 12.4 Å². The highest BCUT2D eigenvalue weighted by Gasteiger charge is 2.36. The number of piperidine rings is 1. The van der Waals surface area contributed by atoms with Gasteiger partial charge < -0.3 is 0 Å². The van der Waals surface area contributed by atoms with Gasteiger partial charge in [0.25, 0.3) is 0 Å². The molecule has 2 fully saturated rings. The molecular formula is C15H19ClN2. The molecule has 0 spiro atoms. The maximum Gasteiger partial charge on any atom is 0.0995 e. The third-order valence-corrected chi connectivity index (χ3v) is 4.29. The van der Waals surface area contributed by atoms with Crippen LogP contribution in [0.3, 0.4) is 0 Å². The average molecular weight is 263 g/mol. The summed E-state index contributed by atoms with van der Waals surface area (Å²) >= 11 is 0. The van der Waals surface area contributed by atoms with Crippen LogP contribution in [-0.4, -0.2) is 17.5 Å². The molecule has 0 N–H and O–H groups in total. The van der Waals surface area contributed by atoms with Crippen LogP contribution in [0.1, 0.15) is 49.3 Å². The van der Waals surface area contributed by atoms with Crippen LogP contribution >= 0.6 is 12.4 Å². The lowest BCUT2D eigenvalue weighted by Crippen LogP contribution is -2.36.